The van der Waals surface area contributed by atoms with Gasteiger partial charge in [-0.2, -0.15) is 0 Å². The molecule has 1 nitrogen and oxygen atoms in total. The third kappa shape index (κ3) is 1.82. The minimum Gasteiger partial charge on any atom is -0.392 e. The van der Waals surface area contributed by atoms with Crippen LogP contribution < -0.4 is 5.32 Å². The van der Waals surface area contributed by atoms with Crippen molar-refractivity contribution in [3.8, 4) is 0 Å². The minimum absolute atomic E-state index is 1.22. The number of nitrogens with one attached hydrogen (secondary N) is 1. The van der Waals surface area contributed by atoms with Crippen molar-refractivity contribution in [3.05, 3.63) is 11.8 Å². The molecule has 6 heavy (non-hydrogen) atoms. The van der Waals surface area contributed by atoms with Crippen molar-refractivity contribution in [2.45, 2.75) is 13.8 Å². The van der Waals surface area contributed by atoms with E-state index in [1.165, 1.54) is 5.70 Å². The van der Waals surface area contributed by atoms with Crippen molar-refractivity contribution >= 4 is 0 Å². The first-order valence-corrected chi connectivity index (χ1v) is 2.12. The molecule has 0 rings (SSSR count). The van der Waals surface area contributed by atoms with E-state index in [4.69, 9.17) is 0 Å². The van der Waals surface area contributed by atoms with Gasteiger partial charge in [-0.25, -0.2) is 0 Å². The Morgan fingerprint density at radius 1 is 1.67 bits per heavy atom. The molecule has 0 aromatic carbocycles. The van der Waals surface area contributed by atoms with Crippen LogP contribution in [0.2, 0.25) is 0 Å². The average Bonchev–Trinajstić information content (AvgIpc) is 1.65. The highest BCUT2D eigenvalue weighted by Crippen LogP contribution is 1.78. The van der Waals surface area contributed by atoms with Crippen LogP contribution in [0.15, 0.2) is 11.8 Å². The van der Waals surface area contributed by atoms with E-state index in [1.54, 1.807) is 0 Å². The molecule has 0 aliphatic rings. The summed E-state index contributed by atoms with van der Waals surface area (Å²) in [6.45, 7) is 4.03. The van der Waals surface area contributed by atoms with Crippen LogP contribution in [0.4, 0.5) is 0 Å². The molecule has 0 heterocycles. The molecule has 0 bridgehead atoms. The van der Waals surface area contributed by atoms with Gasteiger partial charge in [0.05, 0.1) is 0 Å². The van der Waals surface area contributed by atoms with Crippen molar-refractivity contribution in [1.29, 1.82) is 0 Å². The fraction of sp³-hybridized carbons (Fsp3) is 0.600. The predicted octanol–water partition coefficient (Wildman–Crippen LogP) is 1.13. The van der Waals surface area contributed by atoms with E-state index in [9.17, 15) is 0 Å². The van der Waals surface area contributed by atoms with Gasteiger partial charge in [0.2, 0.25) is 0 Å². The van der Waals surface area contributed by atoms with Gasteiger partial charge < -0.3 is 5.32 Å². The van der Waals surface area contributed by atoms with Gasteiger partial charge in [0.25, 0.3) is 0 Å². The Kier molecular flexibility index (Phi) is 2.55. The maximum atomic E-state index is 2.98. The highest BCUT2D eigenvalue weighted by molar-refractivity contribution is 4.90. The molecular formula is C5H11N. The van der Waals surface area contributed by atoms with Crippen LogP contribution in [0.3, 0.4) is 0 Å². The Bertz CT molecular complexity index is 55.0. The van der Waals surface area contributed by atoms with E-state index in [-0.39, 0.29) is 0 Å². The lowest BCUT2D eigenvalue weighted by atomic mass is 10.5. The Morgan fingerprint density at radius 3 is 2.17 bits per heavy atom. The zero-order valence-corrected chi connectivity index (χ0v) is 4.58. The summed E-state index contributed by atoms with van der Waals surface area (Å²) in [5, 5.41) is 2.98. The lowest BCUT2D eigenvalue weighted by molar-refractivity contribution is 0.985. The van der Waals surface area contributed by atoms with Crippen LogP contribution in [0.5, 0.6) is 0 Å². The molecule has 0 saturated heterocycles. The fourth-order valence-electron chi connectivity index (χ4n) is 0.144. The summed E-state index contributed by atoms with van der Waals surface area (Å²) in [6, 6.07) is 0. The third-order valence-electron chi connectivity index (χ3n) is 0.827. The molecule has 0 aromatic heterocycles. The first-order chi connectivity index (χ1) is 2.81. The topological polar surface area (TPSA) is 12.0 Å². The first-order valence-electron chi connectivity index (χ1n) is 2.12. The van der Waals surface area contributed by atoms with Crippen molar-refractivity contribution in [2.75, 3.05) is 7.05 Å². The van der Waals surface area contributed by atoms with E-state index in [0.717, 1.165) is 0 Å². The molecule has 0 unspecified atom stereocenters. The average molecular weight is 85.1 g/mol. The standard InChI is InChI=1S/C5H11N/c1-4-5(2)6-3/h4,6H,1-3H3. The Hall–Kier alpha value is -0.460. The van der Waals surface area contributed by atoms with E-state index in [1.807, 2.05) is 27.0 Å². The van der Waals surface area contributed by atoms with Crippen molar-refractivity contribution < 1.29 is 0 Å². The molecule has 1 heteroatoms. The van der Waals surface area contributed by atoms with E-state index < -0.39 is 0 Å². The van der Waals surface area contributed by atoms with Crippen LogP contribution in [0.1, 0.15) is 13.8 Å². The largest absolute Gasteiger partial charge is 0.392 e. The summed E-state index contributed by atoms with van der Waals surface area (Å²) >= 11 is 0. The van der Waals surface area contributed by atoms with E-state index >= 15 is 0 Å². The van der Waals surface area contributed by atoms with Crippen LogP contribution >= 0.6 is 0 Å². The molecular weight excluding hydrogens is 74.1 g/mol. The normalized spacial score (nSPS) is 11.5. The van der Waals surface area contributed by atoms with E-state index in [0.29, 0.717) is 0 Å². The molecule has 0 atom stereocenters. The van der Waals surface area contributed by atoms with Gasteiger partial charge in [0, 0.05) is 12.7 Å². The predicted molar refractivity (Wildman–Crippen MR) is 28.5 cm³/mol. The zero-order valence-electron chi connectivity index (χ0n) is 4.58. The number of hydrogen-bond donors (Lipinski definition) is 1. The summed E-state index contributed by atoms with van der Waals surface area (Å²) in [6.07, 6.45) is 2.03. The van der Waals surface area contributed by atoms with Crippen LogP contribution in [0.25, 0.3) is 0 Å². The summed E-state index contributed by atoms with van der Waals surface area (Å²) in [5.74, 6) is 0. The molecule has 0 aliphatic carbocycles. The first kappa shape index (κ1) is 5.54. The summed E-state index contributed by atoms with van der Waals surface area (Å²) in [5.41, 5.74) is 1.22. The van der Waals surface area contributed by atoms with Gasteiger partial charge in [-0.1, -0.05) is 6.08 Å². The number of hydrogen-bond acceptors (Lipinski definition) is 1. The molecule has 0 saturated carbocycles. The molecule has 0 fully saturated rings. The Balaban J connectivity index is 3.22. The SMILES string of the molecule is CC=C(C)NC. The smallest absolute Gasteiger partial charge is 0.00300 e. The maximum absolute atomic E-state index is 2.98. The van der Waals surface area contributed by atoms with Gasteiger partial charge in [-0.3, -0.25) is 0 Å². The Morgan fingerprint density at radius 2 is 2.17 bits per heavy atom. The second-order valence-electron chi connectivity index (χ2n) is 1.22. The van der Waals surface area contributed by atoms with Gasteiger partial charge in [-0.15, -0.1) is 0 Å². The molecule has 0 aromatic rings. The van der Waals surface area contributed by atoms with Gasteiger partial charge in [0.15, 0.2) is 0 Å². The van der Waals surface area contributed by atoms with Crippen molar-refractivity contribution in [3.63, 3.8) is 0 Å². The second-order valence-corrected chi connectivity index (χ2v) is 1.22. The van der Waals surface area contributed by atoms with Gasteiger partial charge in [-0.05, 0) is 13.8 Å². The molecule has 0 aliphatic heterocycles. The number of rotatable bonds is 1. The molecule has 0 spiro atoms. The highest BCUT2D eigenvalue weighted by Gasteiger charge is 1.69. The molecule has 36 valence electrons. The van der Waals surface area contributed by atoms with Crippen LogP contribution in [-0.4, -0.2) is 7.05 Å². The zero-order chi connectivity index (χ0) is 4.99. The quantitative estimate of drug-likeness (QED) is 0.503. The third-order valence-corrected chi connectivity index (χ3v) is 0.827. The van der Waals surface area contributed by atoms with Gasteiger partial charge >= 0.3 is 0 Å². The van der Waals surface area contributed by atoms with Crippen LogP contribution in [-0.2, 0) is 0 Å². The number of allylic oxidation sites excluding steroid dienone is 2. The second kappa shape index (κ2) is 2.76. The molecule has 0 amide bonds. The lowest BCUT2D eigenvalue weighted by Gasteiger charge is -1.91. The molecule has 0 radical (unpaired) electrons. The van der Waals surface area contributed by atoms with E-state index in [2.05, 4.69) is 5.32 Å². The van der Waals surface area contributed by atoms with Crippen molar-refractivity contribution in [2.24, 2.45) is 0 Å². The fourth-order valence-corrected chi connectivity index (χ4v) is 0.144. The molecule has 1 N–H and O–H groups in total. The van der Waals surface area contributed by atoms with Crippen LogP contribution in [0, 0.1) is 0 Å². The Labute approximate surface area is 39.1 Å². The summed E-state index contributed by atoms with van der Waals surface area (Å²) in [4.78, 5) is 0. The lowest BCUT2D eigenvalue weighted by Crippen LogP contribution is -1.99. The van der Waals surface area contributed by atoms with Gasteiger partial charge in [0.1, 0.15) is 0 Å². The maximum Gasteiger partial charge on any atom is 0.00300 e. The van der Waals surface area contributed by atoms with Crippen molar-refractivity contribution in [1.82, 2.24) is 5.32 Å². The summed E-state index contributed by atoms with van der Waals surface area (Å²) < 4.78 is 0. The minimum atomic E-state index is 1.22. The monoisotopic (exact) mass is 85.1 g/mol. The summed E-state index contributed by atoms with van der Waals surface area (Å²) in [7, 11) is 1.91. The highest BCUT2D eigenvalue weighted by atomic mass is 14.8.